The minimum absolute atomic E-state index is 0.0315. The summed E-state index contributed by atoms with van der Waals surface area (Å²) in [5.74, 6) is 0.576. The zero-order chi connectivity index (χ0) is 17.8. The lowest BCUT2D eigenvalue weighted by atomic mass is 9.95. The summed E-state index contributed by atoms with van der Waals surface area (Å²) in [6.45, 7) is 7.12. The minimum Gasteiger partial charge on any atom is -0.354 e. The van der Waals surface area contributed by atoms with Gasteiger partial charge >= 0.3 is 0 Å². The number of benzene rings is 1. The molecule has 0 aliphatic carbocycles. The standard InChI is InChI=1S/C20H29N3O2/c1-14-6-3-7-15(2)18(14)20(25)23-11-5-8-16(13-23)12-22-19(24)17-9-4-10-21-17/h3,6-7,16-17,21H,4-5,8-13H2,1-2H3,(H,22,24). The van der Waals surface area contributed by atoms with Gasteiger partial charge in [-0.15, -0.1) is 0 Å². The van der Waals surface area contributed by atoms with Crippen LogP contribution in [0, 0.1) is 19.8 Å². The molecule has 2 saturated heterocycles. The highest BCUT2D eigenvalue weighted by atomic mass is 16.2. The zero-order valence-corrected chi connectivity index (χ0v) is 15.3. The highest BCUT2D eigenvalue weighted by molar-refractivity contribution is 5.97. The summed E-state index contributed by atoms with van der Waals surface area (Å²) in [6.07, 6.45) is 4.06. The van der Waals surface area contributed by atoms with Gasteiger partial charge in [-0.05, 0) is 63.1 Å². The van der Waals surface area contributed by atoms with E-state index in [9.17, 15) is 9.59 Å². The van der Waals surface area contributed by atoms with Gasteiger partial charge in [-0.25, -0.2) is 0 Å². The Hall–Kier alpha value is -1.88. The number of nitrogens with one attached hydrogen (secondary N) is 2. The average Bonchev–Trinajstić information content (AvgIpc) is 3.14. The number of carbonyl (C=O) groups excluding carboxylic acids is 2. The molecule has 2 aliphatic heterocycles. The van der Waals surface area contributed by atoms with Gasteiger partial charge < -0.3 is 15.5 Å². The molecule has 5 nitrogen and oxygen atoms in total. The van der Waals surface area contributed by atoms with Crippen LogP contribution in [0.3, 0.4) is 0 Å². The molecule has 2 fully saturated rings. The van der Waals surface area contributed by atoms with Crippen LogP contribution in [0.5, 0.6) is 0 Å². The molecule has 0 radical (unpaired) electrons. The minimum atomic E-state index is -0.0315. The fraction of sp³-hybridized carbons (Fsp3) is 0.600. The van der Waals surface area contributed by atoms with Gasteiger partial charge in [0.1, 0.15) is 0 Å². The summed E-state index contributed by atoms with van der Waals surface area (Å²) in [7, 11) is 0. The molecule has 2 unspecified atom stereocenters. The molecule has 2 heterocycles. The van der Waals surface area contributed by atoms with Crippen molar-refractivity contribution in [1.29, 1.82) is 0 Å². The van der Waals surface area contributed by atoms with Crippen LogP contribution in [-0.4, -0.2) is 48.9 Å². The van der Waals surface area contributed by atoms with Crippen molar-refractivity contribution >= 4 is 11.8 Å². The van der Waals surface area contributed by atoms with Crippen molar-refractivity contribution in [3.63, 3.8) is 0 Å². The number of hydrogen-bond donors (Lipinski definition) is 2. The van der Waals surface area contributed by atoms with E-state index in [1.54, 1.807) is 0 Å². The largest absolute Gasteiger partial charge is 0.354 e. The first-order chi connectivity index (χ1) is 12.1. The van der Waals surface area contributed by atoms with Gasteiger partial charge in [0, 0.05) is 25.2 Å². The average molecular weight is 343 g/mol. The second-order valence-corrected chi connectivity index (χ2v) is 7.42. The molecule has 136 valence electrons. The first kappa shape index (κ1) is 17.9. The van der Waals surface area contributed by atoms with Crippen LogP contribution in [0.4, 0.5) is 0 Å². The van der Waals surface area contributed by atoms with Crippen LogP contribution in [0.25, 0.3) is 0 Å². The van der Waals surface area contributed by atoms with Gasteiger partial charge in [-0.3, -0.25) is 9.59 Å². The van der Waals surface area contributed by atoms with Crippen LogP contribution in [0.1, 0.15) is 47.2 Å². The molecular formula is C20H29N3O2. The van der Waals surface area contributed by atoms with Crippen molar-refractivity contribution in [3.05, 3.63) is 34.9 Å². The third kappa shape index (κ3) is 4.21. The first-order valence-electron chi connectivity index (χ1n) is 9.43. The number of rotatable bonds is 4. The number of likely N-dealkylation sites (tertiary alicyclic amines) is 1. The van der Waals surface area contributed by atoms with Crippen molar-refractivity contribution < 1.29 is 9.59 Å². The van der Waals surface area contributed by atoms with Gasteiger partial charge in [-0.2, -0.15) is 0 Å². The van der Waals surface area contributed by atoms with Gasteiger partial charge in [0.25, 0.3) is 5.91 Å². The molecule has 2 aliphatic rings. The molecule has 1 aromatic carbocycles. The summed E-state index contributed by atoms with van der Waals surface area (Å²) in [6, 6.07) is 5.95. The summed E-state index contributed by atoms with van der Waals surface area (Å²) >= 11 is 0. The molecule has 0 spiro atoms. The van der Waals surface area contributed by atoms with Crippen LogP contribution >= 0.6 is 0 Å². The Morgan fingerprint density at radius 1 is 1.20 bits per heavy atom. The normalized spacial score (nSPS) is 23.5. The van der Waals surface area contributed by atoms with Crippen molar-refractivity contribution in [2.45, 2.75) is 45.6 Å². The van der Waals surface area contributed by atoms with E-state index >= 15 is 0 Å². The lowest BCUT2D eigenvalue weighted by Crippen LogP contribution is -2.46. The van der Waals surface area contributed by atoms with Crippen LogP contribution in [0.15, 0.2) is 18.2 Å². The van der Waals surface area contributed by atoms with E-state index in [0.717, 1.165) is 62.0 Å². The molecule has 2 atom stereocenters. The molecule has 5 heteroatoms. The van der Waals surface area contributed by atoms with E-state index in [0.29, 0.717) is 12.5 Å². The lowest BCUT2D eigenvalue weighted by Gasteiger charge is -2.33. The lowest BCUT2D eigenvalue weighted by molar-refractivity contribution is -0.123. The Bertz CT molecular complexity index is 618. The van der Waals surface area contributed by atoms with Crippen LogP contribution < -0.4 is 10.6 Å². The molecule has 25 heavy (non-hydrogen) atoms. The number of carbonyl (C=O) groups is 2. The number of amides is 2. The molecular weight excluding hydrogens is 314 g/mol. The maximum absolute atomic E-state index is 13.0. The summed E-state index contributed by atoms with van der Waals surface area (Å²) < 4.78 is 0. The third-order valence-electron chi connectivity index (χ3n) is 5.44. The quantitative estimate of drug-likeness (QED) is 0.879. The molecule has 0 bridgehead atoms. The Balaban J connectivity index is 1.57. The number of nitrogens with zero attached hydrogens (tertiary/aromatic N) is 1. The SMILES string of the molecule is Cc1cccc(C)c1C(=O)N1CCCC(CNC(=O)C2CCCN2)C1. The maximum atomic E-state index is 13.0. The fourth-order valence-corrected chi connectivity index (χ4v) is 4.00. The van der Waals surface area contributed by atoms with E-state index in [-0.39, 0.29) is 17.9 Å². The zero-order valence-electron chi connectivity index (χ0n) is 15.3. The highest BCUT2D eigenvalue weighted by Crippen LogP contribution is 2.21. The van der Waals surface area contributed by atoms with E-state index in [1.807, 2.05) is 36.9 Å². The van der Waals surface area contributed by atoms with E-state index < -0.39 is 0 Å². The molecule has 2 amide bonds. The van der Waals surface area contributed by atoms with E-state index in [1.165, 1.54) is 0 Å². The van der Waals surface area contributed by atoms with Gasteiger partial charge in [0.15, 0.2) is 0 Å². The Kier molecular flexibility index (Phi) is 5.74. The van der Waals surface area contributed by atoms with Crippen molar-refractivity contribution in [2.75, 3.05) is 26.2 Å². The fourth-order valence-electron chi connectivity index (χ4n) is 4.00. The van der Waals surface area contributed by atoms with Gasteiger partial charge in [0.2, 0.25) is 5.91 Å². The van der Waals surface area contributed by atoms with Crippen LogP contribution in [0.2, 0.25) is 0 Å². The second kappa shape index (κ2) is 8.00. The Morgan fingerprint density at radius 2 is 1.96 bits per heavy atom. The van der Waals surface area contributed by atoms with Crippen molar-refractivity contribution in [1.82, 2.24) is 15.5 Å². The molecule has 0 saturated carbocycles. The van der Waals surface area contributed by atoms with Crippen LogP contribution in [-0.2, 0) is 4.79 Å². The summed E-state index contributed by atoms with van der Waals surface area (Å²) in [4.78, 5) is 27.1. The summed E-state index contributed by atoms with van der Waals surface area (Å²) in [5, 5.41) is 6.31. The molecule has 1 aromatic rings. The van der Waals surface area contributed by atoms with E-state index in [4.69, 9.17) is 0 Å². The number of piperidine rings is 1. The second-order valence-electron chi connectivity index (χ2n) is 7.42. The highest BCUT2D eigenvalue weighted by Gasteiger charge is 2.27. The topological polar surface area (TPSA) is 61.4 Å². The predicted octanol–water partition coefficient (Wildman–Crippen LogP) is 2.02. The first-order valence-corrected chi connectivity index (χ1v) is 9.43. The summed E-state index contributed by atoms with van der Waals surface area (Å²) in [5.41, 5.74) is 2.91. The van der Waals surface area contributed by atoms with Gasteiger partial charge in [0.05, 0.1) is 6.04 Å². The maximum Gasteiger partial charge on any atom is 0.254 e. The predicted molar refractivity (Wildman–Crippen MR) is 98.6 cm³/mol. The Labute approximate surface area is 150 Å². The number of aryl methyl sites for hydroxylation is 2. The molecule has 3 rings (SSSR count). The molecule has 0 aromatic heterocycles. The smallest absolute Gasteiger partial charge is 0.254 e. The monoisotopic (exact) mass is 343 g/mol. The third-order valence-corrected chi connectivity index (χ3v) is 5.44. The van der Waals surface area contributed by atoms with Gasteiger partial charge in [-0.1, -0.05) is 18.2 Å². The number of hydrogen-bond acceptors (Lipinski definition) is 3. The Morgan fingerprint density at radius 3 is 2.64 bits per heavy atom. The van der Waals surface area contributed by atoms with Crippen molar-refractivity contribution in [3.8, 4) is 0 Å². The van der Waals surface area contributed by atoms with Crippen molar-refractivity contribution in [2.24, 2.45) is 5.92 Å². The van der Waals surface area contributed by atoms with E-state index in [2.05, 4.69) is 10.6 Å². The molecule has 2 N–H and O–H groups in total.